The molecule has 4 nitrogen and oxygen atoms in total. The van der Waals surface area contributed by atoms with Crippen LogP contribution in [0.25, 0.3) is 0 Å². The van der Waals surface area contributed by atoms with Crippen LogP contribution in [0.2, 0.25) is 0 Å². The molecule has 1 saturated heterocycles. The maximum atomic E-state index is 4.26. The van der Waals surface area contributed by atoms with Crippen LogP contribution in [0, 0.1) is 0 Å². The van der Waals surface area contributed by atoms with Gasteiger partial charge in [-0.25, -0.2) is 0 Å². The molecule has 4 heteroatoms. The van der Waals surface area contributed by atoms with E-state index < -0.39 is 0 Å². The van der Waals surface area contributed by atoms with E-state index in [2.05, 4.69) is 27.0 Å². The van der Waals surface area contributed by atoms with Crippen molar-refractivity contribution in [2.24, 2.45) is 5.10 Å². The Morgan fingerprint density at radius 3 is 2.88 bits per heavy atom. The smallest absolute Gasteiger partial charge is 0.115 e. The van der Waals surface area contributed by atoms with Crippen LogP contribution in [0.15, 0.2) is 41.9 Å². The van der Waals surface area contributed by atoms with Gasteiger partial charge in [-0.2, -0.15) is 5.10 Å². The van der Waals surface area contributed by atoms with Crippen LogP contribution >= 0.6 is 0 Å². The van der Waals surface area contributed by atoms with Crippen LogP contribution in [0.4, 0.5) is 0 Å². The van der Waals surface area contributed by atoms with E-state index in [4.69, 9.17) is 0 Å². The average molecular weight is 216 g/mol. The third-order valence-electron chi connectivity index (χ3n) is 2.63. The van der Waals surface area contributed by atoms with E-state index in [1.165, 1.54) is 6.42 Å². The van der Waals surface area contributed by atoms with Crippen molar-refractivity contribution in [3.8, 4) is 0 Å². The molecule has 1 aliphatic heterocycles. The summed E-state index contributed by atoms with van der Waals surface area (Å²) in [6, 6.07) is 5.78. The van der Waals surface area contributed by atoms with E-state index in [0.717, 1.165) is 30.3 Å². The van der Waals surface area contributed by atoms with E-state index in [1.807, 2.05) is 25.1 Å². The summed E-state index contributed by atoms with van der Waals surface area (Å²) in [5.41, 5.74) is 4.71. The number of nitrogens with one attached hydrogen (secondary N) is 1. The van der Waals surface area contributed by atoms with Crippen LogP contribution < -0.4 is 5.43 Å². The van der Waals surface area contributed by atoms with E-state index >= 15 is 0 Å². The number of aromatic nitrogens is 1. The minimum atomic E-state index is 0.863. The van der Waals surface area contributed by atoms with Gasteiger partial charge in [0, 0.05) is 19.3 Å². The molecule has 1 fully saturated rings. The van der Waals surface area contributed by atoms with Gasteiger partial charge in [0.15, 0.2) is 0 Å². The lowest BCUT2D eigenvalue weighted by Crippen LogP contribution is -2.39. The predicted octanol–water partition coefficient (Wildman–Crippen LogP) is 1.57. The van der Waals surface area contributed by atoms with Gasteiger partial charge in [-0.3, -0.25) is 10.4 Å². The lowest BCUT2D eigenvalue weighted by Gasteiger charge is -2.33. The summed E-state index contributed by atoms with van der Waals surface area (Å²) >= 11 is 0. The quantitative estimate of drug-likeness (QED) is 0.613. The molecule has 0 bridgehead atoms. The molecule has 0 unspecified atom stereocenters. The minimum Gasteiger partial charge on any atom is -0.357 e. The summed E-state index contributed by atoms with van der Waals surface area (Å²) in [5, 5.41) is 4.26. The molecule has 1 N–H and O–H groups in total. The highest BCUT2D eigenvalue weighted by molar-refractivity contribution is 5.96. The summed E-state index contributed by atoms with van der Waals surface area (Å²) in [5.74, 6) is 0.863. The highest BCUT2D eigenvalue weighted by Gasteiger charge is 2.14. The molecule has 2 heterocycles. The van der Waals surface area contributed by atoms with Crippen molar-refractivity contribution in [3.63, 3.8) is 0 Å². The number of hydrogen-bond donors (Lipinski definition) is 1. The van der Waals surface area contributed by atoms with Crippen molar-refractivity contribution >= 4 is 5.71 Å². The lowest BCUT2D eigenvalue weighted by atomic mass is 10.2. The monoisotopic (exact) mass is 216 g/mol. The molecule has 0 amide bonds. The van der Waals surface area contributed by atoms with Gasteiger partial charge < -0.3 is 4.90 Å². The number of hydrazone groups is 1. The largest absolute Gasteiger partial charge is 0.357 e. The normalized spacial score (nSPS) is 15.6. The molecule has 2 rings (SSSR count). The topological polar surface area (TPSA) is 40.5 Å². The predicted molar refractivity (Wildman–Crippen MR) is 64.9 cm³/mol. The fourth-order valence-electron chi connectivity index (χ4n) is 1.44. The Morgan fingerprint density at radius 1 is 1.50 bits per heavy atom. The Morgan fingerprint density at radius 2 is 2.31 bits per heavy atom. The zero-order valence-electron chi connectivity index (χ0n) is 9.48. The third kappa shape index (κ3) is 2.39. The zero-order chi connectivity index (χ0) is 11.4. The van der Waals surface area contributed by atoms with Gasteiger partial charge in [0.25, 0.3) is 0 Å². The van der Waals surface area contributed by atoms with Gasteiger partial charge in [-0.1, -0.05) is 12.6 Å². The first-order chi connectivity index (χ1) is 7.77. The first-order valence-electron chi connectivity index (χ1n) is 5.43. The number of rotatable bonds is 4. The fraction of sp³-hybridized carbons (Fsp3) is 0.333. The van der Waals surface area contributed by atoms with E-state index in [9.17, 15) is 0 Å². The fourth-order valence-corrected chi connectivity index (χ4v) is 1.44. The highest BCUT2D eigenvalue weighted by Crippen LogP contribution is 2.10. The molecular formula is C12H16N4. The highest BCUT2D eigenvalue weighted by atomic mass is 15.4. The van der Waals surface area contributed by atoms with Crippen LogP contribution in [-0.2, 0) is 0 Å². The SMILES string of the molecule is C=C(N/N=C(\C)c1ccccn1)N1CCC1. The molecule has 0 atom stereocenters. The summed E-state index contributed by atoms with van der Waals surface area (Å²) in [7, 11) is 0. The molecule has 84 valence electrons. The van der Waals surface area contributed by atoms with Crippen molar-refractivity contribution in [1.29, 1.82) is 0 Å². The van der Waals surface area contributed by atoms with Crippen molar-refractivity contribution < 1.29 is 0 Å². The van der Waals surface area contributed by atoms with Crippen LogP contribution in [0.1, 0.15) is 19.0 Å². The van der Waals surface area contributed by atoms with E-state index in [-0.39, 0.29) is 0 Å². The first-order valence-corrected chi connectivity index (χ1v) is 5.43. The standard InChI is InChI=1S/C12H16N4/c1-10(12-6-3-4-7-13-12)14-15-11(2)16-8-5-9-16/h3-4,6-7,15H,2,5,8-9H2,1H3/b14-10+. The second-order valence-electron chi connectivity index (χ2n) is 3.81. The van der Waals surface area contributed by atoms with Gasteiger partial charge in [-0.05, 0) is 25.5 Å². The number of hydrogen-bond acceptors (Lipinski definition) is 4. The molecule has 1 aliphatic rings. The summed E-state index contributed by atoms with van der Waals surface area (Å²) in [6.45, 7) is 8.01. The number of nitrogens with zero attached hydrogens (tertiary/aromatic N) is 3. The molecule has 0 aromatic carbocycles. The second kappa shape index (κ2) is 4.79. The van der Waals surface area contributed by atoms with Crippen molar-refractivity contribution in [2.45, 2.75) is 13.3 Å². The zero-order valence-corrected chi connectivity index (χ0v) is 9.48. The molecule has 0 spiro atoms. The number of pyridine rings is 1. The van der Waals surface area contributed by atoms with E-state index in [1.54, 1.807) is 6.20 Å². The summed E-state index contributed by atoms with van der Waals surface area (Å²) < 4.78 is 0. The minimum absolute atomic E-state index is 0.863. The Bertz CT molecular complexity index is 393. The van der Waals surface area contributed by atoms with Crippen LogP contribution in [0.5, 0.6) is 0 Å². The Hall–Kier alpha value is -1.84. The van der Waals surface area contributed by atoms with Gasteiger partial charge in [0.1, 0.15) is 5.82 Å². The summed E-state index contributed by atoms with van der Waals surface area (Å²) in [6.07, 6.45) is 3.00. The second-order valence-corrected chi connectivity index (χ2v) is 3.81. The van der Waals surface area contributed by atoms with Crippen molar-refractivity contribution in [1.82, 2.24) is 15.3 Å². The molecule has 1 aromatic rings. The summed E-state index contributed by atoms with van der Waals surface area (Å²) in [4.78, 5) is 6.38. The van der Waals surface area contributed by atoms with E-state index in [0.29, 0.717) is 0 Å². The van der Waals surface area contributed by atoms with Gasteiger partial charge >= 0.3 is 0 Å². The molecular weight excluding hydrogens is 200 g/mol. The van der Waals surface area contributed by atoms with Gasteiger partial charge in [0.05, 0.1) is 11.4 Å². The molecule has 0 radical (unpaired) electrons. The lowest BCUT2D eigenvalue weighted by molar-refractivity contribution is 0.224. The number of likely N-dealkylation sites (tertiary alicyclic amines) is 1. The molecule has 16 heavy (non-hydrogen) atoms. The third-order valence-corrected chi connectivity index (χ3v) is 2.63. The maximum absolute atomic E-state index is 4.26. The Balaban J connectivity index is 1.94. The van der Waals surface area contributed by atoms with Gasteiger partial charge in [0.2, 0.25) is 0 Å². The maximum Gasteiger partial charge on any atom is 0.115 e. The van der Waals surface area contributed by atoms with Gasteiger partial charge in [-0.15, -0.1) is 0 Å². The van der Waals surface area contributed by atoms with Crippen molar-refractivity contribution in [3.05, 3.63) is 42.5 Å². The Kier molecular flexibility index (Phi) is 3.19. The molecule has 0 aliphatic carbocycles. The average Bonchev–Trinajstić information content (AvgIpc) is 2.25. The molecule has 1 aromatic heterocycles. The van der Waals surface area contributed by atoms with Crippen LogP contribution in [-0.4, -0.2) is 28.7 Å². The van der Waals surface area contributed by atoms with Crippen LogP contribution in [0.3, 0.4) is 0 Å². The van der Waals surface area contributed by atoms with Crippen molar-refractivity contribution in [2.75, 3.05) is 13.1 Å². The first kappa shape index (κ1) is 10.7. The Labute approximate surface area is 95.7 Å². The molecule has 0 saturated carbocycles.